The van der Waals surface area contributed by atoms with Crippen molar-refractivity contribution in [3.63, 3.8) is 0 Å². The minimum Gasteiger partial charge on any atom is -0.342 e. The number of rotatable bonds is 4. The van der Waals surface area contributed by atoms with Gasteiger partial charge in [-0.1, -0.05) is 4.49 Å². The van der Waals surface area contributed by atoms with Gasteiger partial charge in [-0.05, 0) is 44.7 Å². The fourth-order valence-electron chi connectivity index (χ4n) is 3.40. The number of amides is 2. The fourth-order valence-corrected chi connectivity index (χ4v) is 5.72. The minimum atomic E-state index is -3.48. The standard InChI is InChI=1S/C16H23N5O3S2/c1-16(2,26(23,24)14-5-4-8-20(14)3)12-6-9-21(10-7-12)15(22)18-13-11-17-19-25-13/h4-5,8,11-12H,6-7,9-10H2,1-3H3,(H,18,22). The third-order valence-electron chi connectivity index (χ3n) is 5.22. The molecular formula is C16H23N5O3S2. The topological polar surface area (TPSA) is 97.2 Å². The molecular weight excluding hydrogens is 374 g/mol. The molecule has 0 aromatic carbocycles. The summed E-state index contributed by atoms with van der Waals surface area (Å²) in [6.45, 7) is 4.63. The maximum atomic E-state index is 13.1. The molecule has 2 aromatic rings. The summed E-state index contributed by atoms with van der Waals surface area (Å²) in [6, 6.07) is 3.19. The van der Waals surface area contributed by atoms with E-state index >= 15 is 0 Å². The Hall–Kier alpha value is -1.94. The lowest BCUT2D eigenvalue weighted by Crippen LogP contribution is -2.48. The van der Waals surface area contributed by atoms with Gasteiger partial charge in [-0.3, -0.25) is 5.32 Å². The van der Waals surface area contributed by atoms with E-state index in [9.17, 15) is 13.2 Å². The van der Waals surface area contributed by atoms with Crippen LogP contribution in [0, 0.1) is 5.92 Å². The maximum absolute atomic E-state index is 13.1. The van der Waals surface area contributed by atoms with Crippen LogP contribution in [0.1, 0.15) is 26.7 Å². The number of hydrogen-bond donors (Lipinski definition) is 1. The Morgan fingerprint density at radius 1 is 1.35 bits per heavy atom. The first-order valence-electron chi connectivity index (χ1n) is 8.42. The predicted octanol–water partition coefficient (Wildman–Crippen LogP) is 2.37. The molecule has 8 nitrogen and oxygen atoms in total. The molecule has 1 aliphatic heterocycles. The molecule has 2 amide bonds. The predicted molar refractivity (Wildman–Crippen MR) is 99.9 cm³/mol. The van der Waals surface area contributed by atoms with Gasteiger partial charge in [0, 0.05) is 37.9 Å². The Balaban J connectivity index is 1.67. The molecule has 0 radical (unpaired) electrons. The molecule has 0 saturated carbocycles. The molecule has 0 unspecified atom stereocenters. The van der Waals surface area contributed by atoms with Crippen molar-refractivity contribution < 1.29 is 13.2 Å². The van der Waals surface area contributed by atoms with Crippen LogP contribution in [0.25, 0.3) is 0 Å². The third kappa shape index (κ3) is 3.35. The molecule has 142 valence electrons. The van der Waals surface area contributed by atoms with Gasteiger partial charge < -0.3 is 9.47 Å². The van der Waals surface area contributed by atoms with Gasteiger partial charge in [0.2, 0.25) is 0 Å². The second-order valence-electron chi connectivity index (χ2n) is 7.04. The summed E-state index contributed by atoms with van der Waals surface area (Å²) in [5.41, 5.74) is 0. The molecule has 0 bridgehead atoms. The zero-order valence-electron chi connectivity index (χ0n) is 15.0. The van der Waals surface area contributed by atoms with E-state index in [1.54, 1.807) is 48.7 Å². The van der Waals surface area contributed by atoms with Crippen LogP contribution in [0.15, 0.2) is 29.6 Å². The van der Waals surface area contributed by atoms with Crippen molar-refractivity contribution in [2.75, 3.05) is 18.4 Å². The van der Waals surface area contributed by atoms with Gasteiger partial charge in [0.25, 0.3) is 0 Å². The zero-order valence-corrected chi connectivity index (χ0v) is 16.7. The summed E-state index contributed by atoms with van der Waals surface area (Å²) in [5, 5.41) is 7.39. The molecule has 0 spiro atoms. The highest BCUT2D eigenvalue weighted by molar-refractivity contribution is 7.92. The maximum Gasteiger partial charge on any atom is 0.322 e. The molecule has 2 aromatic heterocycles. The smallest absolute Gasteiger partial charge is 0.322 e. The van der Waals surface area contributed by atoms with Crippen LogP contribution >= 0.6 is 11.5 Å². The number of hydrogen-bond acceptors (Lipinski definition) is 6. The largest absolute Gasteiger partial charge is 0.342 e. The van der Waals surface area contributed by atoms with Crippen LogP contribution in [0.2, 0.25) is 0 Å². The van der Waals surface area contributed by atoms with E-state index in [2.05, 4.69) is 14.9 Å². The van der Waals surface area contributed by atoms with E-state index < -0.39 is 14.6 Å². The number of sulfone groups is 1. The highest BCUT2D eigenvalue weighted by atomic mass is 32.2. The Bertz CT molecular complexity index is 866. The number of carbonyl (C=O) groups excluding carboxylic acids is 1. The molecule has 3 rings (SSSR count). The Labute approximate surface area is 157 Å². The number of urea groups is 1. The number of nitrogens with zero attached hydrogens (tertiary/aromatic N) is 4. The van der Waals surface area contributed by atoms with Crippen molar-refractivity contribution in [2.24, 2.45) is 13.0 Å². The van der Waals surface area contributed by atoms with Gasteiger partial charge in [-0.2, -0.15) is 0 Å². The van der Waals surface area contributed by atoms with Gasteiger partial charge in [0.05, 0.1) is 10.9 Å². The summed E-state index contributed by atoms with van der Waals surface area (Å²) in [7, 11) is -1.73. The number of piperidine rings is 1. The Morgan fingerprint density at radius 3 is 2.58 bits per heavy atom. The highest BCUT2D eigenvalue weighted by Gasteiger charge is 2.45. The SMILES string of the molecule is Cn1cccc1S(=O)(=O)C(C)(C)C1CCN(C(=O)Nc2cnns2)CC1. The number of likely N-dealkylation sites (tertiary alicyclic amines) is 1. The fraction of sp³-hybridized carbons (Fsp3) is 0.562. The lowest BCUT2D eigenvalue weighted by Gasteiger charge is -2.40. The molecule has 0 aliphatic carbocycles. The van der Waals surface area contributed by atoms with Crippen molar-refractivity contribution in [1.82, 2.24) is 19.1 Å². The third-order valence-corrected chi connectivity index (χ3v) is 8.49. The lowest BCUT2D eigenvalue weighted by molar-refractivity contribution is 0.171. The van der Waals surface area contributed by atoms with Crippen molar-refractivity contribution in [3.05, 3.63) is 24.5 Å². The Kier molecular flexibility index (Phi) is 5.07. The quantitative estimate of drug-likeness (QED) is 0.854. The van der Waals surface area contributed by atoms with Crippen LogP contribution in [-0.4, -0.2) is 51.3 Å². The van der Waals surface area contributed by atoms with Gasteiger partial charge in [-0.15, -0.1) is 5.10 Å². The summed E-state index contributed by atoms with van der Waals surface area (Å²) >= 11 is 1.12. The van der Waals surface area contributed by atoms with Gasteiger partial charge in [0.15, 0.2) is 9.84 Å². The van der Waals surface area contributed by atoms with E-state index in [0.29, 0.717) is 36.0 Å². The molecule has 26 heavy (non-hydrogen) atoms. The Morgan fingerprint density at radius 2 is 2.04 bits per heavy atom. The van der Waals surface area contributed by atoms with E-state index in [-0.39, 0.29) is 11.9 Å². The second-order valence-corrected chi connectivity index (χ2v) is 10.3. The average Bonchev–Trinajstić information content (AvgIpc) is 3.26. The molecule has 1 N–H and O–H groups in total. The first-order valence-corrected chi connectivity index (χ1v) is 10.7. The minimum absolute atomic E-state index is 0.0171. The molecule has 0 atom stereocenters. The number of carbonyl (C=O) groups is 1. The van der Waals surface area contributed by atoms with Crippen molar-refractivity contribution in [2.45, 2.75) is 36.5 Å². The molecule has 10 heteroatoms. The second kappa shape index (κ2) is 6.99. The number of nitrogens with one attached hydrogen (secondary N) is 1. The van der Waals surface area contributed by atoms with Crippen LogP contribution in [0.4, 0.5) is 9.80 Å². The summed E-state index contributed by atoms with van der Waals surface area (Å²) < 4.78 is 30.7. The normalized spacial score (nSPS) is 16.7. The first kappa shape index (κ1) is 18.8. The van der Waals surface area contributed by atoms with E-state index in [1.807, 2.05) is 0 Å². The van der Waals surface area contributed by atoms with Crippen molar-refractivity contribution >= 4 is 32.4 Å². The number of aromatic nitrogens is 3. The van der Waals surface area contributed by atoms with E-state index in [1.165, 1.54) is 6.20 Å². The van der Waals surface area contributed by atoms with Crippen LogP contribution in [0.3, 0.4) is 0 Å². The average molecular weight is 398 g/mol. The lowest BCUT2D eigenvalue weighted by atomic mass is 9.86. The van der Waals surface area contributed by atoms with E-state index in [4.69, 9.17) is 0 Å². The van der Waals surface area contributed by atoms with Gasteiger partial charge in [-0.25, -0.2) is 13.2 Å². The van der Waals surface area contributed by atoms with Crippen LogP contribution < -0.4 is 5.32 Å². The molecule has 1 fully saturated rings. The zero-order chi connectivity index (χ0) is 18.9. The first-order chi connectivity index (χ1) is 12.2. The summed E-state index contributed by atoms with van der Waals surface area (Å²) in [5.74, 6) is -0.0171. The monoisotopic (exact) mass is 397 g/mol. The van der Waals surface area contributed by atoms with Gasteiger partial charge in [0.1, 0.15) is 10.0 Å². The summed E-state index contributed by atoms with van der Waals surface area (Å²) in [4.78, 5) is 14.0. The van der Waals surface area contributed by atoms with Crippen molar-refractivity contribution in [1.29, 1.82) is 0 Å². The van der Waals surface area contributed by atoms with Gasteiger partial charge >= 0.3 is 6.03 Å². The number of anilines is 1. The number of aryl methyl sites for hydroxylation is 1. The van der Waals surface area contributed by atoms with Crippen LogP contribution in [0.5, 0.6) is 0 Å². The molecule has 1 saturated heterocycles. The van der Waals surface area contributed by atoms with E-state index in [0.717, 1.165) is 11.5 Å². The summed E-state index contributed by atoms with van der Waals surface area (Å²) in [6.07, 6.45) is 4.53. The van der Waals surface area contributed by atoms with Crippen molar-refractivity contribution in [3.8, 4) is 0 Å². The molecule has 1 aliphatic rings. The highest BCUT2D eigenvalue weighted by Crippen LogP contribution is 2.38. The molecule has 3 heterocycles. The van der Waals surface area contributed by atoms with Crippen LogP contribution in [-0.2, 0) is 16.9 Å².